The number of urea groups is 1. The molecule has 26 heavy (non-hydrogen) atoms. The Kier molecular flexibility index (Phi) is 5.87. The van der Waals surface area contributed by atoms with Crippen LogP contribution in [0.5, 0.6) is 0 Å². The molecule has 0 aromatic carbocycles. The van der Waals surface area contributed by atoms with Gasteiger partial charge in [-0.1, -0.05) is 12.0 Å². The predicted molar refractivity (Wildman–Crippen MR) is 97.7 cm³/mol. The molecule has 2 aromatic heterocycles. The first-order valence-electron chi connectivity index (χ1n) is 8.71. The smallest absolute Gasteiger partial charge is 0.318 e. The predicted octanol–water partition coefficient (Wildman–Crippen LogP) is 1.90. The molecule has 1 unspecified atom stereocenters. The van der Waals surface area contributed by atoms with Crippen molar-refractivity contribution >= 4 is 6.03 Å². The van der Waals surface area contributed by atoms with E-state index in [-0.39, 0.29) is 18.7 Å². The number of hydrogen-bond donors (Lipinski definition) is 1. The molecule has 1 fully saturated rings. The molecule has 7 nitrogen and oxygen atoms in total. The van der Waals surface area contributed by atoms with Gasteiger partial charge in [0.1, 0.15) is 11.6 Å². The summed E-state index contributed by atoms with van der Waals surface area (Å²) in [6.45, 7) is 3.78. The third-order valence-corrected chi connectivity index (χ3v) is 4.37. The highest BCUT2D eigenvalue weighted by atomic mass is 16.5. The molecule has 0 saturated carbocycles. The lowest BCUT2D eigenvalue weighted by molar-refractivity contribution is 0.0845. The number of imidazole rings is 1. The molecule has 1 aliphatic rings. The Hall–Kier alpha value is -2.85. The quantitative estimate of drug-likeness (QED) is 0.805. The summed E-state index contributed by atoms with van der Waals surface area (Å²) in [5.41, 5.74) is 0.903. The number of carbonyl (C=O) groups excluding carboxylic acids is 1. The second-order valence-corrected chi connectivity index (χ2v) is 6.21. The van der Waals surface area contributed by atoms with Crippen LogP contribution < -0.4 is 5.32 Å². The molecule has 1 aliphatic heterocycles. The number of carbonyl (C=O) groups is 1. The van der Waals surface area contributed by atoms with Crippen molar-refractivity contribution in [3.63, 3.8) is 0 Å². The van der Waals surface area contributed by atoms with Crippen LogP contribution in [0.1, 0.15) is 24.2 Å². The first-order valence-corrected chi connectivity index (χ1v) is 8.71. The molecular formula is C19H23N5O2. The summed E-state index contributed by atoms with van der Waals surface area (Å²) in [6, 6.07) is 3.59. The molecule has 1 N–H and O–H groups in total. The van der Waals surface area contributed by atoms with Crippen LogP contribution in [0.4, 0.5) is 4.79 Å². The average Bonchev–Trinajstić information content (AvgIpc) is 3.31. The van der Waals surface area contributed by atoms with Crippen molar-refractivity contribution in [2.45, 2.75) is 32.4 Å². The number of nitrogens with one attached hydrogen (secondary N) is 1. The summed E-state index contributed by atoms with van der Waals surface area (Å²) in [6.07, 6.45) is 12.8. The van der Waals surface area contributed by atoms with Crippen LogP contribution in [0, 0.1) is 19.3 Å². The zero-order valence-corrected chi connectivity index (χ0v) is 14.9. The second-order valence-electron chi connectivity index (χ2n) is 6.21. The van der Waals surface area contributed by atoms with Crippen LogP contribution in [0.15, 0.2) is 30.7 Å². The van der Waals surface area contributed by atoms with Gasteiger partial charge in [-0.15, -0.1) is 6.42 Å². The molecule has 136 valence electrons. The van der Waals surface area contributed by atoms with E-state index >= 15 is 0 Å². The Morgan fingerprint density at radius 1 is 1.50 bits per heavy atom. The number of pyridine rings is 1. The van der Waals surface area contributed by atoms with E-state index in [4.69, 9.17) is 11.2 Å². The summed E-state index contributed by atoms with van der Waals surface area (Å²) in [4.78, 5) is 22.9. The van der Waals surface area contributed by atoms with E-state index in [1.54, 1.807) is 17.3 Å². The Balaban J connectivity index is 1.67. The zero-order valence-electron chi connectivity index (χ0n) is 14.9. The fourth-order valence-corrected chi connectivity index (χ4v) is 3.03. The molecule has 0 bridgehead atoms. The molecule has 3 heterocycles. The largest absolute Gasteiger partial charge is 0.376 e. The van der Waals surface area contributed by atoms with Gasteiger partial charge in [0.05, 0.1) is 12.6 Å². The second kappa shape index (κ2) is 8.50. The number of hydrogen-bond acceptors (Lipinski definition) is 4. The minimum atomic E-state index is -0.199. The van der Waals surface area contributed by atoms with Gasteiger partial charge >= 0.3 is 6.03 Å². The number of ether oxygens (including phenoxy) is 1. The third-order valence-electron chi connectivity index (χ3n) is 4.37. The van der Waals surface area contributed by atoms with E-state index in [9.17, 15) is 4.79 Å². The maximum Gasteiger partial charge on any atom is 0.318 e. The molecule has 1 saturated heterocycles. The van der Waals surface area contributed by atoms with Crippen LogP contribution in [0.3, 0.4) is 0 Å². The number of terminal acetylenes is 1. The zero-order chi connectivity index (χ0) is 18.4. The molecule has 0 radical (unpaired) electrons. The topological polar surface area (TPSA) is 72.3 Å². The van der Waals surface area contributed by atoms with Gasteiger partial charge in [0.25, 0.3) is 0 Å². The highest BCUT2D eigenvalue weighted by Crippen LogP contribution is 2.15. The lowest BCUT2D eigenvalue weighted by Gasteiger charge is -2.24. The van der Waals surface area contributed by atoms with E-state index in [0.29, 0.717) is 13.1 Å². The van der Waals surface area contributed by atoms with E-state index in [1.807, 2.05) is 29.8 Å². The molecular weight excluding hydrogens is 330 g/mol. The van der Waals surface area contributed by atoms with Crippen molar-refractivity contribution in [3.05, 3.63) is 42.1 Å². The Morgan fingerprint density at radius 3 is 3.08 bits per heavy atom. The molecule has 3 rings (SSSR count). The molecule has 1 atom stereocenters. The van der Waals surface area contributed by atoms with Crippen LogP contribution >= 0.6 is 0 Å². The SMILES string of the molecule is C#CCN(CC1CCCO1)C(=O)NCc1cccnc1-n1ccnc1C. The minimum Gasteiger partial charge on any atom is -0.376 e. The number of aryl methyl sites for hydroxylation is 1. The number of nitrogens with zero attached hydrogens (tertiary/aromatic N) is 4. The van der Waals surface area contributed by atoms with E-state index in [2.05, 4.69) is 21.2 Å². The van der Waals surface area contributed by atoms with Crippen LogP contribution in [0.2, 0.25) is 0 Å². The van der Waals surface area contributed by atoms with Gasteiger partial charge in [-0.05, 0) is 25.8 Å². The van der Waals surface area contributed by atoms with Crippen molar-refractivity contribution in [1.29, 1.82) is 0 Å². The summed E-state index contributed by atoms with van der Waals surface area (Å²) in [5.74, 6) is 4.14. The fraction of sp³-hybridized carbons (Fsp3) is 0.421. The number of aromatic nitrogens is 3. The van der Waals surface area contributed by atoms with Gasteiger partial charge in [0, 0.05) is 43.9 Å². The Labute approximate surface area is 153 Å². The highest BCUT2D eigenvalue weighted by Gasteiger charge is 2.22. The molecule has 0 aliphatic carbocycles. The van der Waals surface area contributed by atoms with E-state index in [1.165, 1.54) is 0 Å². The van der Waals surface area contributed by atoms with Gasteiger partial charge in [0.2, 0.25) is 0 Å². The van der Waals surface area contributed by atoms with Crippen LogP contribution in [0.25, 0.3) is 5.82 Å². The van der Waals surface area contributed by atoms with Crippen molar-refractivity contribution in [3.8, 4) is 18.2 Å². The van der Waals surface area contributed by atoms with Gasteiger partial charge in [-0.2, -0.15) is 0 Å². The van der Waals surface area contributed by atoms with Crippen molar-refractivity contribution in [1.82, 2.24) is 24.8 Å². The number of amides is 2. The van der Waals surface area contributed by atoms with Crippen LogP contribution in [-0.2, 0) is 11.3 Å². The third kappa shape index (κ3) is 4.21. The first-order chi connectivity index (χ1) is 12.7. The Bertz CT molecular complexity index is 789. The average molecular weight is 353 g/mol. The summed E-state index contributed by atoms with van der Waals surface area (Å²) in [7, 11) is 0. The molecule has 2 amide bonds. The highest BCUT2D eigenvalue weighted by molar-refractivity contribution is 5.74. The summed E-state index contributed by atoms with van der Waals surface area (Å²) >= 11 is 0. The van der Waals surface area contributed by atoms with Crippen molar-refractivity contribution in [2.75, 3.05) is 19.7 Å². The monoisotopic (exact) mass is 353 g/mol. The van der Waals surface area contributed by atoms with Crippen molar-refractivity contribution in [2.24, 2.45) is 0 Å². The van der Waals surface area contributed by atoms with Crippen LogP contribution in [-0.4, -0.2) is 51.3 Å². The van der Waals surface area contributed by atoms with Gasteiger partial charge in [0.15, 0.2) is 0 Å². The van der Waals surface area contributed by atoms with E-state index < -0.39 is 0 Å². The fourth-order valence-electron chi connectivity index (χ4n) is 3.03. The Morgan fingerprint density at radius 2 is 2.38 bits per heavy atom. The standard InChI is InChI=1S/C19H23N5O2/c1-3-10-23(14-17-7-5-12-26-17)19(25)22-13-16-6-4-8-21-18(16)24-11-9-20-15(24)2/h1,4,6,8-9,11,17H,5,7,10,12-14H2,2H3,(H,22,25). The van der Waals surface area contributed by atoms with Gasteiger partial charge in [-0.25, -0.2) is 14.8 Å². The molecule has 7 heteroatoms. The summed E-state index contributed by atoms with van der Waals surface area (Å²) < 4.78 is 7.51. The maximum absolute atomic E-state index is 12.6. The minimum absolute atomic E-state index is 0.0663. The first kappa shape index (κ1) is 18.0. The van der Waals surface area contributed by atoms with Gasteiger partial charge in [-0.3, -0.25) is 4.57 Å². The van der Waals surface area contributed by atoms with Gasteiger partial charge < -0.3 is 15.0 Å². The maximum atomic E-state index is 12.6. The lowest BCUT2D eigenvalue weighted by Crippen LogP contribution is -2.43. The molecule has 0 spiro atoms. The lowest BCUT2D eigenvalue weighted by atomic mass is 10.2. The molecule has 2 aromatic rings. The summed E-state index contributed by atoms with van der Waals surface area (Å²) in [5, 5.41) is 2.94. The number of rotatable bonds is 6. The normalized spacial score (nSPS) is 16.2. The van der Waals surface area contributed by atoms with E-state index in [0.717, 1.165) is 36.7 Å². The van der Waals surface area contributed by atoms with Crippen molar-refractivity contribution < 1.29 is 9.53 Å².